The summed E-state index contributed by atoms with van der Waals surface area (Å²) in [5.74, 6) is -0.626. The van der Waals surface area contributed by atoms with E-state index in [2.05, 4.69) is 74.6 Å². The molecule has 0 aliphatic rings. The van der Waals surface area contributed by atoms with Crippen LogP contribution in [0.25, 0.3) is 0 Å². The lowest BCUT2D eigenvalue weighted by molar-refractivity contribution is -0.161. The van der Waals surface area contributed by atoms with Crippen molar-refractivity contribution in [2.45, 2.75) is 200 Å². The molecule has 1 N–H and O–H groups in total. The number of rotatable bonds is 37. The molecule has 0 spiro atoms. The van der Waals surface area contributed by atoms with Gasteiger partial charge in [0, 0.05) is 12.8 Å². The third-order valence-corrected chi connectivity index (χ3v) is 8.83. The molecule has 0 amide bonds. The van der Waals surface area contributed by atoms with Crippen LogP contribution in [0, 0.1) is 0 Å². The minimum absolute atomic E-state index is 0.0793. The monoisotopic (exact) mass is 699 g/mol. The molecule has 0 bridgehead atoms. The van der Waals surface area contributed by atoms with Gasteiger partial charge in [-0.1, -0.05) is 184 Å². The van der Waals surface area contributed by atoms with Crippen LogP contribution in [0.2, 0.25) is 0 Å². The number of hydrogen-bond acceptors (Lipinski definition) is 5. The van der Waals surface area contributed by atoms with Crippen LogP contribution in [-0.4, -0.2) is 36.4 Å². The molecular weight excluding hydrogens is 620 g/mol. The molecule has 0 aliphatic heterocycles. The van der Waals surface area contributed by atoms with Gasteiger partial charge in [-0.15, -0.1) is 0 Å². The number of unbranched alkanes of at least 4 members (excludes halogenated alkanes) is 19. The predicted octanol–water partition coefficient (Wildman–Crippen LogP) is 13.2. The summed E-state index contributed by atoms with van der Waals surface area (Å²) in [6.07, 6.45) is 52.8. The zero-order chi connectivity index (χ0) is 36.4. The van der Waals surface area contributed by atoms with Crippen LogP contribution < -0.4 is 0 Å². The predicted molar refractivity (Wildman–Crippen MR) is 214 cm³/mol. The van der Waals surface area contributed by atoms with Crippen molar-refractivity contribution in [3.8, 4) is 0 Å². The molecule has 0 saturated heterocycles. The van der Waals surface area contributed by atoms with E-state index in [4.69, 9.17) is 9.47 Å². The van der Waals surface area contributed by atoms with E-state index < -0.39 is 6.10 Å². The van der Waals surface area contributed by atoms with Crippen molar-refractivity contribution in [3.63, 3.8) is 0 Å². The number of carbonyl (C=O) groups is 2. The van der Waals surface area contributed by atoms with Crippen LogP contribution in [0.3, 0.4) is 0 Å². The molecule has 0 radical (unpaired) electrons. The fourth-order valence-electron chi connectivity index (χ4n) is 5.70. The Hall–Kier alpha value is -2.40. The quantitative estimate of drug-likeness (QED) is 0.0397. The molecule has 1 atom stereocenters. The van der Waals surface area contributed by atoms with Crippen molar-refractivity contribution in [3.05, 3.63) is 60.8 Å². The zero-order valence-corrected chi connectivity index (χ0v) is 32.6. The highest BCUT2D eigenvalue weighted by atomic mass is 16.6. The highest BCUT2D eigenvalue weighted by Gasteiger charge is 2.16. The molecule has 5 heteroatoms. The van der Waals surface area contributed by atoms with Gasteiger partial charge < -0.3 is 14.6 Å². The first kappa shape index (κ1) is 47.6. The second-order valence-corrected chi connectivity index (χ2v) is 13.7. The van der Waals surface area contributed by atoms with Gasteiger partial charge in [0.2, 0.25) is 0 Å². The fraction of sp³-hybridized carbons (Fsp3) is 0.733. The normalized spacial score (nSPS) is 12.8. The van der Waals surface area contributed by atoms with Crippen molar-refractivity contribution in [2.75, 3.05) is 13.2 Å². The summed E-state index contributed by atoms with van der Waals surface area (Å²) in [7, 11) is 0. The van der Waals surface area contributed by atoms with Crippen molar-refractivity contribution in [1.29, 1.82) is 0 Å². The van der Waals surface area contributed by atoms with E-state index in [1.807, 2.05) is 0 Å². The first-order chi connectivity index (χ1) is 24.6. The van der Waals surface area contributed by atoms with Crippen LogP contribution in [0.5, 0.6) is 0 Å². The molecule has 0 saturated carbocycles. The first-order valence-electron chi connectivity index (χ1n) is 20.8. The summed E-state index contributed by atoms with van der Waals surface area (Å²) in [5, 5.41) is 9.57. The molecule has 0 aromatic rings. The number of esters is 2. The Morgan fingerprint density at radius 1 is 0.480 bits per heavy atom. The minimum atomic E-state index is -0.789. The molecule has 0 heterocycles. The van der Waals surface area contributed by atoms with Crippen molar-refractivity contribution in [2.24, 2.45) is 0 Å². The van der Waals surface area contributed by atoms with Gasteiger partial charge in [0.15, 0.2) is 6.10 Å². The van der Waals surface area contributed by atoms with Crippen molar-refractivity contribution < 1.29 is 24.2 Å². The van der Waals surface area contributed by atoms with E-state index in [1.165, 1.54) is 89.9 Å². The summed E-state index contributed by atoms with van der Waals surface area (Å²) in [4.78, 5) is 24.3. The standard InChI is InChI=1S/C45H78O5/c1-3-5-7-9-11-13-15-17-19-21-22-24-26-28-30-32-34-36-38-40-45(48)50-43(41-46)42-49-44(47)39-37-35-33-31-29-27-25-23-20-18-16-14-12-10-8-6-4-2/h5,7,11,13,17,19,22,24,28,30,43,46H,3-4,6,8-10,12,14-16,18,20-21,23,25-27,29,31-42H2,1-2H3/b7-5+,13-11+,19-17+,24-22+,30-28+/t43-/m0/s1. The third kappa shape index (κ3) is 38.4. The number of aliphatic hydroxyl groups excluding tert-OH is 1. The number of allylic oxidation sites excluding steroid dienone is 10. The molecule has 0 aromatic carbocycles. The summed E-state index contributed by atoms with van der Waals surface area (Å²) < 4.78 is 10.6. The second kappa shape index (κ2) is 41.0. The van der Waals surface area contributed by atoms with Crippen LogP contribution in [0.4, 0.5) is 0 Å². The molecule has 50 heavy (non-hydrogen) atoms. The van der Waals surface area contributed by atoms with Crippen LogP contribution in [0.15, 0.2) is 60.8 Å². The second-order valence-electron chi connectivity index (χ2n) is 13.7. The van der Waals surface area contributed by atoms with Gasteiger partial charge >= 0.3 is 11.9 Å². The van der Waals surface area contributed by atoms with Crippen molar-refractivity contribution in [1.82, 2.24) is 0 Å². The number of carbonyl (C=O) groups excluding carboxylic acids is 2. The Morgan fingerprint density at radius 3 is 1.30 bits per heavy atom. The van der Waals surface area contributed by atoms with E-state index in [0.29, 0.717) is 12.8 Å². The lowest BCUT2D eigenvalue weighted by Gasteiger charge is -2.15. The Balaban J connectivity index is 3.61. The maximum absolute atomic E-state index is 12.2. The van der Waals surface area contributed by atoms with Gasteiger partial charge in [-0.3, -0.25) is 9.59 Å². The topological polar surface area (TPSA) is 72.8 Å². The van der Waals surface area contributed by atoms with E-state index >= 15 is 0 Å². The summed E-state index contributed by atoms with van der Waals surface area (Å²) in [6.45, 7) is 4.00. The van der Waals surface area contributed by atoms with Crippen LogP contribution >= 0.6 is 0 Å². The smallest absolute Gasteiger partial charge is 0.306 e. The van der Waals surface area contributed by atoms with E-state index in [1.54, 1.807) is 0 Å². The molecule has 0 rings (SSSR count). The van der Waals surface area contributed by atoms with Gasteiger partial charge in [-0.2, -0.15) is 0 Å². The van der Waals surface area contributed by atoms with E-state index in [0.717, 1.165) is 77.0 Å². The largest absolute Gasteiger partial charge is 0.462 e. The Kier molecular flexibility index (Phi) is 39.1. The highest BCUT2D eigenvalue weighted by molar-refractivity contribution is 5.70. The van der Waals surface area contributed by atoms with Crippen LogP contribution in [-0.2, 0) is 19.1 Å². The Bertz CT molecular complexity index is 884. The Labute approximate surface area is 309 Å². The van der Waals surface area contributed by atoms with Crippen LogP contribution in [0.1, 0.15) is 194 Å². The lowest BCUT2D eigenvalue weighted by atomic mass is 10.0. The van der Waals surface area contributed by atoms with Gasteiger partial charge in [-0.05, 0) is 57.8 Å². The SMILES string of the molecule is CC/C=C/C/C=C/C/C=C/C/C=C/C/C=C/CCCCCC(=O)O[C@@H](CO)COC(=O)CCCCCCCCCCCCCCCCCCC. The van der Waals surface area contributed by atoms with Gasteiger partial charge in [0.25, 0.3) is 0 Å². The molecular formula is C45H78O5. The summed E-state index contributed by atoms with van der Waals surface area (Å²) in [6, 6.07) is 0. The molecule has 0 unspecified atom stereocenters. The molecule has 0 aromatic heterocycles. The third-order valence-electron chi connectivity index (χ3n) is 8.83. The fourth-order valence-corrected chi connectivity index (χ4v) is 5.70. The molecule has 0 aliphatic carbocycles. The van der Waals surface area contributed by atoms with Gasteiger partial charge in [0.05, 0.1) is 6.61 Å². The van der Waals surface area contributed by atoms with E-state index in [9.17, 15) is 14.7 Å². The average molecular weight is 699 g/mol. The molecule has 0 fully saturated rings. The van der Waals surface area contributed by atoms with Crippen molar-refractivity contribution >= 4 is 11.9 Å². The number of ether oxygens (including phenoxy) is 2. The van der Waals surface area contributed by atoms with Gasteiger partial charge in [0.1, 0.15) is 6.61 Å². The van der Waals surface area contributed by atoms with Gasteiger partial charge in [-0.25, -0.2) is 0 Å². The molecule has 288 valence electrons. The Morgan fingerprint density at radius 2 is 0.860 bits per heavy atom. The maximum atomic E-state index is 12.2. The minimum Gasteiger partial charge on any atom is -0.462 e. The average Bonchev–Trinajstić information content (AvgIpc) is 3.12. The first-order valence-corrected chi connectivity index (χ1v) is 20.8. The summed E-state index contributed by atoms with van der Waals surface area (Å²) >= 11 is 0. The molecule has 5 nitrogen and oxygen atoms in total. The number of aliphatic hydroxyl groups is 1. The van der Waals surface area contributed by atoms with E-state index in [-0.39, 0.29) is 25.2 Å². The highest BCUT2D eigenvalue weighted by Crippen LogP contribution is 2.15. The lowest BCUT2D eigenvalue weighted by Crippen LogP contribution is -2.28. The zero-order valence-electron chi connectivity index (χ0n) is 32.6. The maximum Gasteiger partial charge on any atom is 0.306 e. The summed E-state index contributed by atoms with van der Waals surface area (Å²) in [5.41, 5.74) is 0. The number of hydrogen-bond donors (Lipinski definition) is 1.